The van der Waals surface area contributed by atoms with Gasteiger partial charge in [0.2, 0.25) is 11.8 Å². The number of carbonyl (C=O) groups is 2. The molecule has 0 bridgehead atoms. The van der Waals surface area contributed by atoms with Crippen LogP contribution in [0.25, 0.3) is 0 Å². The summed E-state index contributed by atoms with van der Waals surface area (Å²) >= 11 is 0. The molecule has 3 atom stereocenters. The van der Waals surface area contributed by atoms with Crippen molar-refractivity contribution in [3.63, 3.8) is 0 Å². The van der Waals surface area contributed by atoms with Crippen LogP contribution >= 0.6 is 12.4 Å². The van der Waals surface area contributed by atoms with Gasteiger partial charge in [-0.25, -0.2) is 0 Å². The Morgan fingerprint density at radius 1 is 1.61 bits per heavy atom. The van der Waals surface area contributed by atoms with E-state index in [1.54, 1.807) is 11.9 Å². The average Bonchev–Trinajstić information content (AvgIpc) is 2.31. The number of nitrogens with zero attached hydrogens (tertiary/aromatic N) is 1. The zero-order valence-corrected chi connectivity index (χ0v) is 12.1. The van der Waals surface area contributed by atoms with Crippen LogP contribution < -0.4 is 11.1 Å². The first-order valence-electron chi connectivity index (χ1n) is 6.25. The smallest absolute Gasteiger partial charge is 0.237 e. The van der Waals surface area contributed by atoms with E-state index in [1.165, 1.54) is 0 Å². The molecule has 1 heterocycles. The summed E-state index contributed by atoms with van der Waals surface area (Å²) in [7, 11) is 1.76. The average molecular weight is 278 g/mol. The van der Waals surface area contributed by atoms with Crippen LogP contribution in [-0.2, 0) is 9.59 Å². The predicted molar refractivity (Wildman–Crippen MR) is 73.5 cm³/mol. The van der Waals surface area contributed by atoms with E-state index in [0.717, 1.165) is 6.42 Å². The van der Waals surface area contributed by atoms with Gasteiger partial charge in [0.15, 0.2) is 0 Å². The van der Waals surface area contributed by atoms with Crippen LogP contribution in [0.4, 0.5) is 0 Å². The third kappa shape index (κ3) is 4.46. The summed E-state index contributed by atoms with van der Waals surface area (Å²) in [6.07, 6.45) is 2.10. The van der Waals surface area contributed by atoms with Crippen molar-refractivity contribution in [1.82, 2.24) is 10.2 Å². The van der Waals surface area contributed by atoms with Crippen molar-refractivity contribution >= 4 is 24.2 Å². The van der Waals surface area contributed by atoms with E-state index in [2.05, 4.69) is 5.32 Å². The van der Waals surface area contributed by atoms with Crippen molar-refractivity contribution in [2.75, 3.05) is 13.6 Å². The molecule has 18 heavy (non-hydrogen) atoms. The lowest BCUT2D eigenvalue weighted by Crippen LogP contribution is -2.53. The fourth-order valence-electron chi connectivity index (χ4n) is 1.94. The lowest BCUT2D eigenvalue weighted by molar-refractivity contribution is -0.134. The first-order valence-corrected chi connectivity index (χ1v) is 6.25. The zero-order valence-electron chi connectivity index (χ0n) is 11.3. The number of carbonyl (C=O) groups excluding carboxylic acids is 2. The number of halogens is 1. The number of hydrogen-bond acceptors (Lipinski definition) is 3. The van der Waals surface area contributed by atoms with Gasteiger partial charge in [0.05, 0.1) is 6.04 Å². The molecule has 0 aromatic heterocycles. The molecule has 1 aliphatic rings. The first-order chi connectivity index (χ1) is 7.95. The molecule has 0 aromatic carbocycles. The minimum atomic E-state index is -0.456. The third-order valence-electron chi connectivity index (χ3n) is 3.53. The van der Waals surface area contributed by atoms with Crippen LogP contribution in [0, 0.1) is 5.92 Å². The topological polar surface area (TPSA) is 75.4 Å². The number of amides is 2. The highest BCUT2D eigenvalue weighted by molar-refractivity contribution is 5.85. The molecule has 3 N–H and O–H groups in total. The van der Waals surface area contributed by atoms with Crippen LogP contribution in [0.1, 0.15) is 33.1 Å². The zero-order chi connectivity index (χ0) is 13.0. The number of piperidine rings is 1. The number of likely N-dealkylation sites (tertiary alicyclic amines) is 1. The minimum absolute atomic E-state index is 0. The van der Waals surface area contributed by atoms with E-state index in [9.17, 15) is 9.59 Å². The maximum absolute atomic E-state index is 11.9. The molecule has 1 saturated heterocycles. The van der Waals surface area contributed by atoms with E-state index in [0.29, 0.717) is 19.4 Å². The molecule has 2 amide bonds. The lowest BCUT2D eigenvalue weighted by atomic mass is 9.98. The largest absolute Gasteiger partial charge is 0.350 e. The normalized spacial score (nSPS) is 23.0. The Morgan fingerprint density at radius 2 is 2.22 bits per heavy atom. The summed E-state index contributed by atoms with van der Waals surface area (Å²) in [6.45, 7) is 4.57. The first kappa shape index (κ1) is 17.2. The number of hydrogen-bond donors (Lipinski definition) is 2. The summed E-state index contributed by atoms with van der Waals surface area (Å²) in [6, 6.07) is -0.414. The van der Waals surface area contributed by atoms with Crippen molar-refractivity contribution in [2.45, 2.75) is 45.2 Å². The second kappa shape index (κ2) is 7.59. The molecule has 3 unspecified atom stereocenters. The number of likely N-dealkylation sites (N-methyl/N-ethyl adjacent to an activating group) is 1. The lowest BCUT2D eigenvalue weighted by Gasteiger charge is -2.31. The van der Waals surface area contributed by atoms with Gasteiger partial charge >= 0.3 is 0 Å². The Morgan fingerprint density at radius 3 is 2.72 bits per heavy atom. The molecule has 0 spiro atoms. The molecule has 1 rings (SSSR count). The van der Waals surface area contributed by atoms with Crippen molar-refractivity contribution in [2.24, 2.45) is 11.7 Å². The summed E-state index contributed by atoms with van der Waals surface area (Å²) in [4.78, 5) is 24.8. The van der Waals surface area contributed by atoms with Gasteiger partial charge in [-0.3, -0.25) is 9.59 Å². The molecular weight excluding hydrogens is 254 g/mol. The highest BCUT2D eigenvalue weighted by Crippen LogP contribution is 2.11. The van der Waals surface area contributed by atoms with Gasteiger partial charge < -0.3 is 16.0 Å². The van der Waals surface area contributed by atoms with Crippen molar-refractivity contribution < 1.29 is 9.59 Å². The Balaban J connectivity index is 0.00000289. The number of nitrogens with one attached hydrogen (secondary N) is 1. The molecule has 1 aliphatic heterocycles. The Hall–Kier alpha value is -0.810. The monoisotopic (exact) mass is 277 g/mol. The van der Waals surface area contributed by atoms with Gasteiger partial charge in [-0.1, -0.05) is 20.3 Å². The Bertz CT molecular complexity index is 299. The Kier molecular flexibility index (Phi) is 7.25. The molecule has 0 radical (unpaired) electrons. The van der Waals surface area contributed by atoms with Crippen molar-refractivity contribution in [1.29, 1.82) is 0 Å². The fraction of sp³-hybridized carbons (Fsp3) is 0.833. The van der Waals surface area contributed by atoms with Gasteiger partial charge in [-0.2, -0.15) is 0 Å². The highest BCUT2D eigenvalue weighted by Gasteiger charge is 2.27. The second-order valence-corrected chi connectivity index (χ2v) is 4.93. The van der Waals surface area contributed by atoms with E-state index < -0.39 is 6.04 Å². The van der Waals surface area contributed by atoms with Gasteiger partial charge in [0.1, 0.15) is 0 Å². The summed E-state index contributed by atoms with van der Waals surface area (Å²) in [5.41, 5.74) is 5.86. The summed E-state index contributed by atoms with van der Waals surface area (Å²) in [5, 5.41) is 2.93. The van der Waals surface area contributed by atoms with E-state index in [4.69, 9.17) is 5.73 Å². The maximum Gasteiger partial charge on any atom is 0.237 e. The van der Waals surface area contributed by atoms with Crippen molar-refractivity contribution in [3.05, 3.63) is 0 Å². The quantitative estimate of drug-likeness (QED) is 0.787. The van der Waals surface area contributed by atoms with E-state index >= 15 is 0 Å². The van der Waals surface area contributed by atoms with E-state index in [-0.39, 0.29) is 36.2 Å². The van der Waals surface area contributed by atoms with Gasteiger partial charge in [-0.15, -0.1) is 12.4 Å². The second-order valence-electron chi connectivity index (χ2n) is 4.93. The highest BCUT2D eigenvalue weighted by atomic mass is 35.5. The van der Waals surface area contributed by atoms with Crippen LogP contribution in [0.5, 0.6) is 0 Å². The summed E-state index contributed by atoms with van der Waals surface area (Å²) in [5.74, 6) is 0.215. The van der Waals surface area contributed by atoms with Crippen LogP contribution in [0.2, 0.25) is 0 Å². The van der Waals surface area contributed by atoms with Gasteiger partial charge in [0.25, 0.3) is 0 Å². The summed E-state index contributed by atoms with van der Waals surface area (Å²) < 4.78 is 0. The molecule has 0 saturated carbocycles. The Labute approximate surface area is 115 Å². The molecular formula is C12H24ClN3O2. The minimum Gasteiger partial charge on any atom is -0.350 e. The van der Waals surface area contributed by atoms with Crippen LogP contribution in [0.15, 0.2) is 0 Å². The van der Waals surface area contributed by atoms with Crippen molar-refractivity contribution in [3.8, 4) is 0 Å². The standard InChI is InChI=1S/C12H23N3O2.ClH/c1-4-8(2)11(13)12(17)14-9-5-6-10(16)15(3)7-9;/h8-9,11H,4-7,13H2,1-3H3,(H,14,17);1H. The number of nitrogens with two attached hydrogens (primary N) is 1. The van der Waals surface area contributed by atoms with Gasteiger partial charge in [0, 0.05) is 26.1 Å². The predicted octanol–water partition coefficient (Wildman–Crippen LogP) is 0.519. The molecule has 0 aliphatic carbocycles. The number of rotatable bonds is 4. The molecule has 0 aromatic rings. The molecule has 5 nitrogen and oxygen atoms in total. The van der Waals surface area contributed by atoms with Crippen LogP contribution in [-0.4, -0.2) is 42.4 Å². The fourth-order valence-corrected chi connectivity index (χ4v) is 1.94. The third-order valence-corrected chi connectivity index (χ3v) is 3.53. The van der Waals surface area contributed by atoms with Crippen LogP contribution in [0.3, 0.4) is 0 Å². The molecule has 106 valence electrons. The van der Waals surface area contributed by atoms with E-state index in [1.807, 2.05) is 13.8 Å². The maximum atomic E-state index is 11.9. The molecule has 6 heteroatoms. The SMILES string of the molecule is CCC(C)C(N)C(=O)NC1CCC(=O)N(C)C1.Cl. The molecule has 1 fully saturated rings. The van der Waals surface area contributed by atoms with Gasteiger partial charge in [-0.05, 0) is 12.3 Å².